The number of piperazine rings is 2. The zero-order valence-electron chi connectivity index (χ0n) is 31.4. The highest BCUT2D eigenvalue weighted by Gasteiger charge is 2.28. The molecule has 1 N–H and O–H groups in total. The summed E-state index contributed by atoms with van der Waals surface area (Å²) in [6.07, 6.45) is -0.254. The van der Waals surface area contributed by atoms with Crippen molar-refractivity contribution in [3.05, 3.63) is 69.8 Å². The number of hydrogen-bond acceptors (Lipinski definition) is 9. The van der Waals surface area contributed by atoms with Gasteiger partial charge in [0.2, 0.25) is 0 Å². The summed E-state index contributed by atoms with van der Waals surface area (Å²) in [4.78, 5) is 48.4. The number of hydrogen-bond donors (Lipinski definition) is 1. The van der Waals surface area contributed by atoms with E-state index in [2.05, 4.69) is 34.2 Å². The highest BCUT2D eigenvalue weighted by Crippen LogP contribution is 2.20. The van der Waals surface area contributed by atoms with Crippen LogP contribution in [0, 0.1) is 13.8 Å². The number of rotatable bonds is 6. The predicted octanol–water partition coefficient (Wildman–Crippen LogP) is 3.39. The lowest BCUT2D eigenvalue weighted by molar-refractivity contribution is 0.0138. The Labute approximate surface area is 303 Å². The van der Waals surface area contributed by atoms with E-state index in [4.69, 9.17) is 14.2 Å². The molecule has 0 saturated carbocycles. The van der Waals surface area contributed by atoms with Crippen molar-refractivity contribution in [2.24, 2.45) is 0 Å². The highest BCUT2D eigenvalue weighted by molar-refractivity contribution is 5.96. The van der Waals surface area contributed by atoms with Gasteiger partial charge in [0, 0.05) is 103 Å². The van der Waals surface area contributed by atoms with Gasteiger partial charge in [0.05, 0.1) is 26.4 Å². The molecule has 0 bridgehead atoms. The van der Waals surface area contributed by atoms with E-state index in [-0.39, 0.29) is 17.9 Å². The first-order valence-corrected chi connectivity index (χ1v) is 18.5. The summed E-state index contributed by atoms with van der Waals surface area (Å²) >= 11 is 0. The molecule has 280 valence electrons. The fourth-order valence-electron chi connectivity index (χ4n) is 6.76. The maximum Gasteiger partial charge on any atom is 0.410 e. The number of nitrogens with zero attached hydrogens (tertiary/aromatic N) is 5. The Hall–Kier alpha value is -3.55. The lowest BCUT2D eigenvalue weighted by Crippen LogP contribution is -2.49. The first-order valence-electron chi connectivity index (χ1n) is 18.5. The second-order valence-electron chi connectivity index (χ2n) is 14.9. The average Bonchev–Trinajstić information content (AvgIpc) is 3.12. The van der Waals surface area contributed by atoms with E-state index in [0.717, 1.165) is 73.6 Å². The van der Waals surface area contributed by atoms with Crippen LogP contribution in [0.15, 0.2) is 36.4 Å². The van der Waals surface area contributed by atoms with Gasteiger partial charge in [-0.05, 0) is 57.9 Å². The zero-order valence-corrected chi connectivity index (χ0v) is 31.4. The van der Waals surface area contributed by atoms with Gasteiger partial charge in [-0.25, -0.2) is 4.79 Å². The third-order valence-corrected chi connectivity index (χ3v) is 9.60. The Morgan fingerprint density at radius 1 is 0.627 bits per heavy atom. The van der Waals surface area contributed by atoms with E-state index >= 15 is 0 Å². The zero-order chi connectivity index (χ0) is 36.4. The Morgan fingerprint density at radius 2 is 1.06 bits per heavy atom. The van der Waals surface area contributed by atoms with Crippen LogP contribution < -0.4 is 5.32 Å². The highest BCUT2D eigenvalue weighted by atomic mass is 16.6. The van der Waals surface area contributed by atoms with Gasteiger partial charge in [0.1, 0.15) is 5.60 Å². The second-order valence-corrected chi connectivity index (χ2v) is 14.9. The molecular weight excluding hydrogens is 648 g/mol. The van der Waals surface area contributed by atoms with E-state index in [1.54, 1.807) is 4.90 Å². The van der Waals surface area contributed by atoms with E-state index in [1.807, 2.05) is 61.8 Å². The van der Waals surface area contributed by atoms with Crippen molar-refractivity contribution in [3.8, 4) is 0 Å². The smallest absolute Gasteiger partial charge is 0.410 e. The molecule has 0 spiro atoms. The molecule has 0 atom stereocenters. The first-order chi connectivity index (χ1) is 24.5. The summed E-state index contributed by atoms with van der Waals surface area (Å²) in [6.45, 7) is 23.4. The topological polar surface area (TPSA) is 107 Å². The number of carbonyl (C=O) groups is 3. The van der Waals surface area contributed by atoms with Gasteiger partial charge in [-0.1, -0.05) is 35.4 Å². The molecule has 4 aliphatic rings. The molecule has 0 radical (unpaired) electrons. The average molecular weight is 707 g/mol. The molecular formula is C39H58N6O6. The van der Waals surface area contributed by atoms with Crippen LogP contribution >= 0.6 is 0 Å². The Morgan fingerprint density at radius 3 is 1.49 bits per heavy atom. The number of ether oxygens (including phenoxy) is 3. The van der Waals surface area contributed by atoms with E-state index in [0.29, 0.717) is 72.2 Å². The molecule has 4 fully saturated rings. The van der Waals surface area contributed by atoms with Crippen molar-refractivity contribution in [1.82, 2.24) is 29.8 Å². The molecule has 2 aromatic rings. The molecule has 4 aliphatic heterocycles. The normalized spacial score (nSPS) is 19.3. The molecule has 6 rings (SSSR count). The van der Waals surface area contributed by atoms with E-state index in [1.165, 1.54) is 5.56 Å². The number of benzene rings is 2. The lowest BCUT2D eigenvalue weighted by atomic mass is 10.0. The van der Waals surface area contributed by atoms with Crippen LogP contribution in [0.4, 0.5) is 4.79 Å². The Bertz CT molecular complexity index is 1470. The van der Waals surface area contributed by atoms with Gasteiger partial charge in [-0.15, -0.1) is 0 Å². The quantitative estimate of drug-likeness (QED) is 0.484. The number of nitrogens with one attached hydrogen (secondary N) is 1. The van der Waals surface area contributed by atoms with Crippen LogP contribution in [0.5, 0.6) is 0 Å². The maximum absolute atomic E-state index is 13.0. The van der Waals surface area contributed by atoms with Crippen LogP contribution in [0.2, 0.25) is 0 Å². The number of aryl methyl sites for hydroxylation is 2. The summed E-state index contributed by atoms with van der Waals surface area (Å²) in [5.41, 5.74) is 5.70. The summed E-state index contributed by atoms with van der Waals surface area (Å²) < 4.78 is 16.2. The summed E-state index contributed by atoms with van der Waals surface area (Å²) in [5, 5.41) is 3.37. The van der Waals surface area contributed by atoms with Crippen molar-refractivity contribution >= 4 is 17.9 Å². The van der Waals surface area contributed by atoms with Crippen molar-refractivity contribution in [1.29, 1.82) is 0 Å². The van der Waals surface area contributed by atoms with Gasteiger partial charge in [-0.3, -0.25) is 19.4 Å². The molecule has 4 saturated heterocycles. The number of morpholine rings is 2. The largest absolute Gasteiger partial charge is 0.444 e. The molecule has 3 amide bonds. The summed E-state index contributed by atoms with van der Waals surface area (Å²) in [5.74, 6) is 0.226. The lowest BCUT2D eigenvalue weighted by Gasteiger charge is -2.36. The number of amides is 3. The Balaban J connectivity index is 0.000000205. The molecule has 0 aliphatic carbocycles. The van der Waals surface area contributed by atoms with Crippen LogP contribution in [0.3, 0.4) is 0 Å². The molecule has 2 aromatic carbocycles. The fourth-order valence-corrected chi connectivity index (χ4v) is 6.76. The monoisotopic (exact) mass is 706 g/mol. The first kappa shape index (κ1) is 38.7. The van der Waals surface area contributed by atoms with Crippen molar-refractivity contribution < 1.29 is 28.6 Å². The third kappa shape index (κ3) is 11.5. The van der Waals surface area contributed by atoms with Crippen molar-refractivity contribution in [2.75, 3.05) is 105 Å². The fraction of sp³-hybridized carbons (Fsp3) is 0.615. The van der Waals surface area contributed by atoms with Gasteiger partial charge >= 0.3 is 6.09 Å². The molecule has 12 heteroatoms. The molecule has 4 heterocycles. The van der Waals surface area contributed by atoms with Crippen molar-refractivity contribution in [2.45, 2.75) is 53.3 Å². The van der Waals surface area contributed by atoms with Crippen LogP contribution in [-0.2, 0) is 27.3 Å². The molecule has 12 nitrogen and oxygen atoms in total. The van der Waals surface area contributed by atoms with Crippen LogP contribution in [0.25, 0.3) is 0 Å². The van der Waals surface area contributed by atoms with Gasteiger partial charge in [0.25, 0.3) is 11.8 Å². The van der Waals surface area contributed by atoms with E-state index in [9.17, 15) is 14.4 Å². The standard InChI is InChI=1S/C22H33N3O4.C17H25N3O2/c1-17-5-6-19(20(26)24-11-13-28-14-12-24)18(15-17)16-23-7-9-25(10-8-23)21(27)29-22(2,3)4;1-14-2-3-16(17(21)20-8-10-22-11-9-20)15(12-14)13-19-6-4-18-5-7-19/h5-6,15H,7-14,16H2,1-4H3;2-3,12,18H,4-11,13H2,1H3. The molecule has 0 unspecified atom stereocenters. The van der Waals surface area contributed by atoms with Gasteiger partial charge < -0.3 is 34.2 Å². The minimum Gasteiger partial charge on any atom is -0.444 e. The SMILES string of the molecule is Cc1ccc(C(=O)N2CCOCC2)c(CN2CCN(C(=O)OC(C)(C)C)CC2)c1.Cc1ccc(C(=O)N2CCOCC2)c(CN2CCNCC2)c1. The van der Waals surface area contributed by atoms with Crippen LogP contribution in [0.1, 0.15) is 63.7 Å². The minimum atomic E-state index is -0.482. The molecule has 0 aromatic heterocycles. The van der Waals surface area contributed by atoms with Gasteiger partial charge in [-0.2, -0.15) is 0 Å². The Kier molecular flexibility index (Phi) is 13.9. The number of carbonyl (C=O) groups excluding carboxylic acids is 3. The van der Waals surface area contributed by atoms with E-state index < -0.39 is 5.60 Å². The minimum absolute atomic E-state index is 0.0793. The summed E-state index contributed by atoms with van der Waals surface area (Å²) in [7, 11) is 0. The third-order valence-electron chi connectivity index (χ3n) is 9.60. The second kappa shape index (κ2) is 18.3. The van der Waals surface area contributed by atoms with Crippen molar-refractivity contribution in [3.63, 3.8) is 0 Å². The maximum atomic E-state index is 13.0. The van der Waals surface area contributed by atoms with Gasteiger partial charge in [0.15, 0.2) is 0 Å². The predicted molar refractivity (Wildman–Crippen MR) is 197 cm³/mol. The molecule has 51 heavy (non-hydrogen) atoms. The summed E-state index contributed by atoms with van der Waals surface area (Å²) in [6, 6.07) is 12.2. The van der Waals surface area contributed by atoms with Crippen LogP contribution in [-0.4, -0.2) is 153 Å².